The number of anilines is 2. The molecule has 36 heavy (non-hydrogen) atoms. The number of amides is 1. The number of alkyl halides is 3. The molecule has 1 aliphatic heterocycles. The maximum Gasteiger partial charge on any atom is 0.417 e. The Morgan fingerprint density at radius 1 is 1.31 bits per heavy atom. The van der Waals surface area contributed by atoms with Crippen molar-refractivity contribution in [1.82, 2.24) is 14.8 Å². The average molecular weight is 542 g/mol. The normalized spacial score (nSPS) is 15.3. The lowest BCUT2D eigenvalue weighted by atomic mass is 10.0. The fraction of sp³-hybridized carbons (Fsp3) is 0.304. The summed E-state index contributed by atoms with van der Waals surface area (Å²) in [5.74, 6) is -0.498. The van der Waals surface area contributed by atoms with Gasteiger partial charge in [0.25, 0.3) is 5.91 Å². The highest BCUT2D eigenvalue weighted by Crippen LogP contribution is 2.38. The van der Waals surface area contributed by atoms with E-state index in [-0.39, 0.29) is 62.8 Å². The second-order valence-corrected chi connectivity index (χ2v) is 8.45. The molecule has 2 N–H and O–H groups in total. The van der Waals surface area contributed by atoms with E-state index in [2.05, 4.69) is 15.4 Å². The van der Waals surface area contributed by atoms with Crippen LogP contribution in [0.5, 0.6) is 0 Å². The SMILES string of the molecule is C[C@H]1CN(c2ccc(C(F)(F)F)c(Cl)c2)C(=O)c2c(CC(=O)c3cccnc3NCCO)cnn21.S. The van der Waals surface area contributed by atoms with Crippen LogP contribution in [0, 0.1) is 0 Å². The van der Waals surface area contributed by atoms with Crippen LogP contribution in [0.25, 0.3) is 0 Å². The van der Waals surface area contributed by atoms with E-state index in [9.17, 15) is 22.8 Å². The Balaban J connectivity index is 0.00000361. The van der Waals surface area contributed by atoms with E-state index >= 15 is 0 Å². The number of aromatic nitrogens is 3. The van der Waals surface area contributed by atoms with Gasteiger partial charge in [-0.2, -0.15) is 31.8 Å². The highest BCUT2D eigenvalue weighted by atomic mass is 35.5. The van der Waals surface area contributed by atoms with E-state index < -0.39 is 22.7 Å². The van der Waals surface area contributed by atoms with Gasteiger partial charge in [-0.25, -0.2) is 4.98 Å². The van der Waals surface area contributed by atoms with E-state index in [0.717, 1.165) is 12.1 Å². The number of benzene rings is 1. The largest absolute Gasteiger partial charge is 0.417 e. The molecule has 13 heteroatoms. The van der Waals surface area contributed by atoms with Crippen molar-refractivity contribution in [3.63, 3.8) is 0 Å². The van der Waals surface area contributed by atoms with E-state index in [1.54, 1.807) is 12.1 Å². The first kappa shape index (κ1) is 27.5. The van der Waals surface area contributed by atoms with Gasteiger partial charge in [-0.3, -0.25) is 14.3 Å². The Bertz CT molecular complexity index is 1280. The first-order chi connectivity index (χ1) is 16.6. The standard InChI is InChI=1S/C23H21ClF3N5O3.H2S/c1-13-12-31(15-4-5-17(18(24)10-15)23(25,26)27)22(35)20-14(11-30-32(13)20)9-19(34)16-3-2-6-28-21(16)29-7-8-33;/h2-6,10-11,13,33H,7-9,12H2,1H3,(H,28,29);1H2/t13-;/m0./s1. The monoisotopic (exact) mass is 541 g/mol. The third kappa shape index (κ3) is 5.35. The van der Waals surface area contributed by atoms with Crippen LogP contribution in [0.15, 0.2) is 42.7 Å². The van der Waals surface area contributed by atoms with Crippen molar-refractivity contribution >= 4 is 48.3 Å². The van der Waals surface area contributed by atoms with Crippen molar-refractivity contribution in [3.8, 4) is 0 Å². The van der Waals surface area contributed by atoms with Gasteiger partial charge in [0.1, 0.15) is 11.5 Å². The second kappa shape index (κ2) is 10.9. The van der Waals surface area contributed by atoms with Crippen LogP contribution in [0.2, 0.25) is 5.02 Å². The molecule has 1 aliphatic rings. The predicted octanol–water partition coefficient (Wildman–Crippen LogP) is 4.11. The van der Waals surface area contributed by atoms with Gasteiger partial charge in [0.05, 0.1) is 35.0 Å². The van der Waals surface area contributed by atoms with Gasteiger partial charge in [-0.15, -0.1) is 0 Å². The van der Waals surface area contributed by atoms with Crippen molar-refractivity contribution in [2.24, 2.45) is 0 Å². The number of halogens is 4. The van der Waals surface area contributed by atoms with Crippen LogP contribution in [0.3, 0.4) is 0 Å². The number of carbonyl (C=O) groups is 2. The zero-order chi connectivity index (χ0) is 25.3. The van der Waals surface area contributed by atoms with Crippen LogP contribution < -0.4 is 10.2 Å². The molecular weight excluding hydrogens is 519 g/mol. The van der Waals surface area contributed by atoms with Gasteiger partial charge < -0.3 is 15.3 Å². The van der Waals surface area contributed by atoms with Gasteiger partial charge in [0.15, 0.2) is 5.78 Å². The third-order valence-corrected chi connectivity index (χ3v) is 5.93. The third-order valence-electron chi connectivity index (χ3n) is 5.62. The smallest absolute Gasteiger partial charge is 0.395 e. The van der Waals surface area contributed by atoms with Gasteiger partial charge in [-0.1, -0.05) is 11.6 Å². The molecule has 3 heterocycles. The molecule has 4 rings (SSSR count). The number of fused-ring (bicyclic) bond motifs is 1. The highest BCUT2D eigenvalue weighted by Gasteiger charge is 2.36. The maximum absolute atomic E-state index is 13.4. The first-order valence-electron chi connectivity index (χ1n) is 10.7. The topological polar surface area (TPSA) is 100 Å². The minimum absolute atomic E-state index is 0. The zero-order valence-corrected chi connectivity index (χ0v) is 20.8. The molecule has 0 aliphatic carbocycles. The summed E-state index contributed by atoms with van der Waals surface area (Å²) in [6.07, 6.45) is -1.80. The summed E-state index contributed by atoms with van der Waals surface area (Å²) in [5, 5.41) is 15.7. The fourth-order valence-electron chi connectivity index (χ4n) is 3.99. The molecule has 0 saturated carbocycles. The van der Waals surface area contributed by atoms with Crippen molar-refractivity contribution in [2.75, 3.05) is 29.9 Å². The molecule has 0 bridgehead atoms. The summed E-state index contributed by atoms with van der Waals surface area (Å²) in [7, 11) is 0. The molecule has 1 atom stereocenters. The fourth-order valence-corrected chi connectivity index (χ4v) is 4.27. The number of nitrogens with zero attached hydrogens (tertiary/aromatic N) is 4. The highest BCUT2D eigenvalue weighted by molar-refractivity contribution is 7.59. The van der Waals surface area contributed by atoms with E-state index in [4.69, 9.17) is 16.7 Å². The number of aliphatic hydroxyl groups excluding tert-OH is 1. The van der Waals surface area contributed by atoms with Crippen molar-refractivity contribution in [1.29, 1.82) is 0 Å². The van der Waals surface area contributed by atoms with E-state index in [0.29, 0.717) is 16.9 Å². The average Bonchev–Trinajstić information content (AvgIpc) is 3.23. The second-order valence-electron chi connectivity index (χ2n) is 8.04. The summed E-state index contributed by atoms with van der Waals surface area (Å²) in [5.41, 5.74) is 0.0862. The minimum atomic E-state index is -4.61. The number of hydrogen-bond acceptors (Lipinski definition) is 6. The number of nitrogens with one attached hydrogen (secondary N) is 1. The summed E-state index contributed by atoms with van der Waals surface area (Å²) in [4.78, 5) is 31.9. The summed E-state index contributed by atoms with van der Waals surface area (Å²) in [6, 6.07) is 6.05. The molecule has 3 aromatic rings. The van der Waals surface area contributed by atoms with Crippen molar-refractivity contribution in [3.05, 3.63) is 70.1 Å². The molecule has 0 unspecified atom stereocenters. The van der Waals surface area contributed by atoms with Crippen LogP contribution in [-0.4, -0.2) is 51.3 Å². The molecular formula is C23H23ClF3N5O3S. The Kier molecular flexibility index (Phi) is 8.32. The summed E-state index contributed by atoms with van der Waals surface area (Å²) >= 11 is 5.87. The van der Waals surface area contributed by atoms with Gasteiger partial charge in [0.2, 0.25) is 0 Å². The van der Waals surface area contributed by atoms with Crippen molar-refractivity contribution < 1.29 is 27.9 Å². The van der Waals surface area contributed by atoms with Crippen LogP contribution in [-0.2, 0) is 12.6 Å². The number of Topliss-reactive ketones (excluding diaryl/α,β-unsaturated/α-hetero) is 1. The number of hydrogen-bond donors (Lipinski definition) is 2. The molecule has 0 saturated heterocycles. The minimum Gasteiger partial charge on any atom is -0.395 e. The lowest BCUT2D eigenvalue weighted by molar-refractivity contribution is -0.137. The number of aliphatic hydroxyl groups is 1. The summed E-state index contributed by atoms with van der Waals surface area (Å²) in [6.45, 7) is 2.05. The Labute approximate surface area is 216 Å². The molecule has 2 aromatic heterocycles. The molecule has 192 valence electrons. The number of pyridine rings is 1. The zero-order valence-electron chi connectivity index (χ0n) is 19.0. The molecule has 0 fully saturated rings. The number of rotatable bonds is 7. The quantitative estimate of drug-likeness (QED) is 0.437. The van der Waals surface area contributed by atoms with Gasteiger partial charge >= 0.3 is 6.18 Å². The van der Waals surface area contributed by atoms with E-state index in [1.807, 2.05) is 6.92 Å². The molecule has 1 amide bonds. The predicted molar refractivity (Wildman–Crippen MR) is 133 cm³/mol. The van der Waals surface area contributed by atoms with Crippen LogP contribution in [0.1, 0.15) is 44.9 Å². The Hall–Kier alpha value is -3.09. The van der Waals surface area contributed by atoms with E-state index in [1.165, 1.54) is 28.0 Å². The van der Waals surface area contributed by atoms with Crippen LogP contribution >= 0.6 is 25.1 Å². The summed E-state index contributed by atoms with van der Waals surface area (Å²) < 4.78 is 40.8. The van der Waals surface area contributed by atoms with Gasteiger partial charge in [0, 0.05) is 37.0 Å². The van der Waals surface area contributed by atoms with Crippen LogP contribution in [0.4, 0.5) is 24.7 Å². The molecule has 8 nitrogen and oxygen atoms in total. The first-order valence-corrected chi connectivity index (χ1v) is 11.1. The Morgan fingerprint density at radius 2 is 2.06 bits per heavy atom. The molecule has 0 radical (unpaired) electrons. The van der Waals surface area contributed by atoms with Gasteiger partial charge in [-0.05, 0) is 37.3 Å². The maximum atomic E-state index is 13.4. The molecule has 1 aromatic carbocycles. The number of ketones is 1. The number of carbonyl (C=O) groups excluding carboxylic acids is 2. The Morgan fingerprint density at radius 3 is 2.72 bits per heavy atom. The molecule has 0 spiro atoms. The lowest BCUT2D eigenvalue weighted by Crippen LogP contribution is -2.43. The van der Waals surface area contributed by atoms with Crippen molar-refractivity contribution in [2.45, 2.75) is 25.6 Å². The lowest BCUT2D eigenvalue weighted by Gasteiger charge is -2.32.